The van der Waals surface area contributed by atoms with E-state index in [1.54, 1.807) is 4.68 Å². The standard InChI is InChI=1S/C19H26N4O2/c1-12(2)16(24)10-11-20-19(25)17-18(14-6-7-14)23(22-21-17)15-8-4-13(3)5-9-15/h4-5,8-9,12,14,16,24H,6-7,10-11H2,1-3H3,(H,20,25). The van der Waals surface area contributed by atoms with Crippen molar-refractivity contribution in [1.29, 1.82) is 0 Å². The predicted molar refractivity (Wildman–Crippen MR) is 95.9 cm³/mol. The highest BCUT2D eigenvalue weighted by atomic mass is 16.3. The van der Waals surface area contributed by atoms with Crippen molar-refractivity contribution in [2.45, 2.75) is 52.1 Å². The lowest BCUT2D eigenvalue weighted by atomic mass is 10.0. The highest BCUT2D eigenvalue weighted by Gasteiger charge is 2.34. The Morgan fingerprint density at radius 3 is 2.60 bits per heavy atom. The molecule has 1 aromatic heterocycles. The topological polar surface area (TPSA) is 80.0 Å². The number of hydrogen-bond donors (Lipinski definition) is 2. The molecular formula is C19H26N4O2. The van der Waals surface area contributed by atoms with Crippen LogP contribution >= 0.6 is 0 Å². The monoisotopic (exact) mass is 342 g/mol. The van der Waals surface area contributed by atoms with Gasteiger partial charge in [0.1, 0.15) is 0 Å². The Labute approximate surface area is 148 Å². The molecule has 0 radical (unpaired) electrons. The van der Waals surface area contributed by atoms with E-state index in [0.29, 0.717) is 24.6 Å². The van der Waals surface area contributed by atoms with Crippen LogP contribution in [0, 0.1) is 12.8 Å². The summed E-state index contributed by atoms with van der Waals surface area (Å²) in [6.45, 7) is 6.40. The number of aryl methyl sites for hydroxylation is 1. The smallest absolute Gasteiger partial charge is 0.273 e. The van der Waals surface area contributed by atoms with Gasteiger partial charge in [-0.25, -0.2) is 4.68 Å². The van der Waals surface area contributed by atoms with Crippen LogP contribution in [0.2, 0.25) is 0 Å². The number of rotatable bonds is 7. The van der Waals surface area contributed by atoms with Gasteiger partial charge < -0.3 is 10.4 Å². The molecule has 1 saturated carbocycles. The number of aliphatic hydroxyl groups is 1. The Bertz CT molecular complexity index is 732. The van der Waals surface area contributed by atoms with Gasteiger partial charge in [-0.15, -0.1) is 5.10 Å². The van der Waals surface area contributed by atoms with Gasteiger partial charge in [0.15, 0.2) is 5.69 Å². The normalized spacial score (nSPS) is 15.4. The molecule has 6 nitrogen and oxygen atoms in total. The number of aromatic nitrogens is 3. The first-order chi connectivity index (χ1) is 12.0. The van der Waals surface area contributed by atoms with Crippen molar-refractivity contribution in [3.63, 3.8) is 0 Å². The minimum Gasteiger partial charge on any atom is -0.393 e. The van der Waals surface area contributed by atoms with E-state index in [2.05, 4.69) is 15.6 Å². The first-order valence-electron chi connectivity index (χ1n) is 8.96. The minimum absolute atomic E-state index is 0.182. The molecule has 1 amide bonds. The summed E-state index contributed by atoms with van der Waals surface area (Å²) in [5, 5.41) is 21.1. The Morgan fingerprint density at radius 2 is 2.00 bits per heavy atom. The lowest BCUT2D eigenvalue weighted by molar-refractivity contribution is 0.0914. The number of hydrogen-bond acceptors (Lipinski definition) is 4. The quantitative estimate of drug-likeness (QED) is 0.810. The van der Waals surface area contributed by atoms with Crippen molar-refractivity contribution in [1.82, 2.24) is 20.3 Å². The molecule has 6 heteroatoms. The number of amides is 1. The van der Waals surface area contributed by atoms with Crippen LogP contribution in [0.4, 0.5) is 0 Å². The maximum absolute atomic E-state index is 12.5. The summed E-state index contributed by atoms with van der Waals surface area (Å²) in [6, 6.07) is 8.05. The van der Waals surface area contributed by atoms with E-state index >= 15 is 0 Å². The molecule has 1 aliphatic carbocycles. The van der Waals surface area contributed by atoms with Crippen molar-refractivity contribution in [3.05, 3.63) is 41.2 Å². The summed E-state index contributed by atoms with van der Waals surface area (Å²) in [5.74, 6) is 0.316. The van der Waals surface area contributed by atoms with E-state index in [1.165, 1.54) is 5.56 Å². The van der Waals surface area contributed by atoms with Crippen LogP contribution in [-0.2, 0) is 0 Å². The second-order valence-corrected chi connectivity index (χ2v) is 7.20. The van der Waals surface area contributed by atoms with Crippen LogP contribution < -0.4 is 5.32 Å². The highest BCUT2D eigenvalue weighted by molar-refractivity contribution is 5.93. The van der Waals surface area contributed by atoms with Gasteiger partial charge in [-0.2, -0.15) is 0 Å². The van der Waals surface area contributed by atoms with Crippen LogP contribution in [0.1, 0.15) is 60.8 Å². The molecule has 3 rings (SSSR count). The third-order valence-electron chi connectivity index (χ3n) is 4.66. The van der Waals surface area contributed by atoms with E-state index < -0.39 is 6.10 Å². The van der Waals surface area contributed by atoms with Gasteiger partial charge in [0.25, 0.3) is 5.91 Å². The molecule has 0 bridgehead atoms. The van der Waals surface area contributed by atoms with Crippen LogP contribution in [0.5, 0.6) is 0 Å². The van der Waals surface area contributed by atoms with Gasteiger partial charge in [-0.05, 0) is 44.2 Å². The fraction of sp³-hybridized carbons (Fsp3) is 0.526. The second kappa shape index (κ2) is 7.35. The van der Waals surface area contributed by atoms with Crippen LogP contribution in [-0.4, -0.2) is 38.7 Å². The summed E-state index contributed by atoms with van der Waals surface area (Å²) in [7, 11) is 0. The third-order valence-corrected chi connectivity index (χ3v) is 4.66. The fourth-order valence-corrected chi connectivity index (χ4v) is 2.80. The van der Waals surface area contributed by atoms with Crippen molar-refractivity contribution in [2.24, 2.45) is 5.92 Å². The average molecular weight is 342 g/mol. The summed E-state index contributed by atoms with van der Waals surface area (Å²) >= 11 is 0. The van der Waals surface area contributed by atoms with Gasteiger partial charge >= 0.3 is 0 Å². The third kappa shape index (κ3) is 4.07. The van der Waals surface area contributed by atoms with E-state index in [1.807, 2.05) is 45.0 Å². The molecule has 1 unspecified atom stereocenters. The van der Waals surface area contributed by atoms with Crippen LogP contribution in [0.25, 0.3) is 5.69 Å². The fourth-order valence-electron chi connectivity index (χ4n) is 2.80. The zero-order chi connectivity index (χ0) is 18.0. The molecule has 0 spiro atoms. The molecule has 1 aromatic carbocycles. The Morgan fingerprint density at radius 1 is 1.32 bits per heavy atom. The van der Waals surface area contributed by atoms with E-state index in [9.17, 15) is 9.90 Å². The summed E-state index contributed by atoms with van der Waals surface area (Å²) < 4.78 is 1.79. The number of carbonyl (C=O) groups excluding carboxylic acids is 1. The molecule has 1 fully saturated rings. The number of nitrogens with one attached hydrogen (secondary N) is 1. The first-order valence-corrected chi connectivity index (χ1v) is 8.96. The number of aliphatic hydroxyl groups excluding tert-OH is 1. The van der Waals surface area contributed by atoms with Crippen molar-refractivity contribution in [3.8, 4) is 5.69 Å². The molecule has 25 heavy (non-hydrogen) atoms. The molecule has 2 aromatic rings. The minimum atomic E-state index is -0.411. The van der Waals surface area contributed by atoms with Gasteiger partial charge in [0.05, 0.1) is 17.5 Å². The SMILES string of the molecule is Cc1ccc(-n2nnc(C(=O)NCCC(O)C(C)C)c2C2CC2)cc1. The van der Waals surface area contributed by atoms with Crippen LogP contribution in [0.15, 0.2) is 24.3 Å². The van der Waals surface area contributed by atoms with Gasteiger partial charge in [0.2, 0.25) is 0 Å². The summed E-state index contributed by atoms with van der Waals surface area (Å²) in [4.78, 5) is 12.5. The lowest BCUT2D eigenvalue weighted by Crippen LogP contribution is -2.29. The average Bonchev–Trinajstić information content (AvgIpc) is 3.33. The maximum Gasteiger partial charge on any atom is 0.273 e. The van der Waals surface area contributed by atoms with Gasteiger partial charge in [-0.1, -0.05) is 36.8 Å². The van der Waals surface area contributed by atoms with Crippen LogP contribution in [0.3, 0.4) is 0 Å². The van der Waals surface area contributed by atoms with Gasteiger partial charge in [0, 0.05) is 12.5 Å². The predicted octanol–water partition coefficient (Wildman–Crippen LogP) is 2.59. The number of carbonyl (C=O) groups is 1. The molecule has 0 aliphatic heterocycles. The summed E-state index contributed by atoms with van der Waals surface area (Å²) in [5.41, 5.74) is 3.40. The lowest BCUT2D eigenvalue weighted by Gasteiger charge is -2.14. The molecule has 1 atom stereocenters. The van der Waals surface area contributed by atoms with Crippen molar-refractivity contribution < 1.29 is 9.90 Å². The largest absolute Gasteiger partial charge is 0.393 e. The van der Waals surface area contributed by atoms with Crippen molar-refractivity contribution in [2.75, 3.05) is 6.54 Å². The van der Waals surface area contributed by atoms with Crippen molar-refractivity contribution >= 4 is 5.91 Å². The first kappa shape index (κ1) is 17.6. The second-order valence-electron chi connectivity index (χ2n) is 7.20. The molecule has 2 N–H and O–H groups in total. The number of benzene rings is 1. The summed E-state index contributed by atoms with van der Waals surface area (Å²) in [6.07, 6.45) is 2.25. The van der Waals surface area contributed by atoms with E-state index in [0.717, 1.165) is 24.2 Å². The Kier molecular flexibility index (Phi) is 5.18. The maximum atomic E-state index is 12.5. The zero-order valence-corrected chi connectivity index (χ0v) is 15.1. The molecule has 0 saturated heterocycles. The Balaban J connectivity index is 1.75. The highest BCUT2D eigenvalue weighted by Crippen LogP contribution is 2.41. The van der Waals surface area contributed by atoms with E-state index in [4.69, 9.17) is 0 Å². The zero-order valence-electron chi connectivity index (χ0n) is 15.1. The molecule has 1 aliphatic rings. The molecule has 1 heterocycles. The van der Waals surface area contributed by atoms with Gasteiger partial charge in [-0.3, -0.25) is 4.79 Å². The molecular weight excluding hydrogens is 316 g/mol. The number of nitrogens with zero attached hydrogens (tertiary/aromatic N) is 3. The molecule has 134 valence electrons. The Hall–Kier alpha value is -2.21. The van der Waals surface area contributed by atoms with E-state index in [-0.39, 0.29) is 11.8 Å².